The van der Waals surface area contributed by atoms with Gasteiger partial charge in [0.25, 0.3) is 0 Å². The second-order valence-electron chi connectivity index (χ2n) is 11.9. The summed E-state index contributed by atoms with van der Waals surface area (Å²) >= 11 is 0. The molecule has 2 aliphatic heterocycles. The van der Waals surface area contributed by atoms with Gasteiger partial charge in [0.1, 0.15) is 11.0 Å². The van der Waals surface area contributed by atoms with Gasteiger partial charge in [-0.25, -0.2) is 0 Å². The molecule has 0 unspecified atom stereocenters. The van der Waals surface area contributed by atoms with Gasteiger partial charge in [0, 0.05) is 32.0 Å². The van der Waals surface area contributed by atoms with E-state index in [2.05, 4.69) is 30.3 Å². The molecule has 0 N–H and O–H groups in total. The van der Waals surface area contributed by atoms with Crippen LogP contribution in [-0.2, 0) is 29.3 Å². The number of benzene rings is 1. The summed E-state index contributed by atoms with van der Waals surface area (Å²) in [6, 6.07) is 13.1. The number of hydrogen-bond donors (Lipinski definition) is 0. The number of hydrogen-bond acceptors (Lipinski definition) is 6. The number of nitriles is 1. The highest BCUT2D eigenvalue weighted by Crippen LogP contribution is 2.94. The maximum Gasteiger partial charge on any atom is 0.165 e. The minimum absolute atomic E-state index is 0.0600. The molecular formula is C27H27NO5. The van der Waals surface area contributed by atoms with Crippen LogP contribution in [0.5, 0.6) is 0 Å². The Bertz CT molecular complexity index is 1180. The van der Waals surface area contributed by atoms with Gasteiger partial charge in [-0.3, -0.25) is 4.79 Å². The zero-order valence-electron chi connectivity index (χ0n) is 18.8. The Morgan fingerprint density at radius 3 is 2.55 bits per heavy atom. The van der Waals surface area contributed by atoms with Gasteiger partial charge in [0.15, 0.2) is 12.1 Å². The van der Waals surface area contributed by atoms with Crippen LogP contribution in [0.15, 0.2) is 30.3 Å². The molecule has 0 aromatic heterocycles. The van der Waals surface area contributed by atoms with Crippen molar-refractivity contribution >= 4 is 5.78 Å². The number of epoxide rings is 1. The highest BCUT2D eigenvalue weighted by molar-refractivity contribution is 6.02. The summed E-state index contributed by atoms with van der Waals surface area (Å²) in [6.07, 6.45) is 2.31. The molecule has 2 spiro atoms. The molecular weight excluding hydrogens is 418 g/mol. The van der Waals surface area contributed by atoms with Crippen LogP contribution in [0.1, 0.15) is 24.8 Å². The highest BCUT2D eigenvalue weighted by atomic mass is 16.7. The second kappa shape index (κ2) is 5.09. The van der Waals surface area contributed by atoms with Gasteiger partial charge in [-0.05, 0) is 48.5 Å². The largest absolute Gasteiger partial charge is 0.368 e. The summed E-state index contributed by atoms with van der Waals surface area (Å²) in [5, 5.41) is 10.5. The van der Waals surface area contributed by atoms with Gasteiger partial charge in [-0.15, -0.1) is 0 Å². The van der Waals surface area contributed by atoms with Crippen molar-refractivity contribution in [2.45, 2.75) is 49.0 Å². The Morgan fingerprint density at radius 2 is 1.82 bits per heavy atom. The number of fused-ring (bicyclic) bond motifs is 6. The molecule has 9 aliphatic rings. The van der Waals surface area contributed by atoms with Crippen molar-refractivity contribution in [2.75, 3.05) is 14.2 Å². The van der Waals surface area contributed by atoms with E-state index in [0.717, 1.165) is 19.3 Å². The Morgan fingerprint density at radius 1 is 1.03 bits per heavy atom. The molecule has 170 valence electrons. The molecule has 1 aromatic rings. The van der Waals surface area contributed by atoms with Gasteiger partial charge in [-0.1, -0.05) is 30.3 Å². The van der Waals surface area contributed by atoms with E-state index in [0.29, 0.717) is 11.8 Å². The number of ether oxygens (including phenoxy) is 4. The molecule has 10 rings (SSSR count). The Balaban J connectivity index is 1.34. The summed E-state index contributed by atoms with van der Waals surface area (Å²) in [5.74, 6) is 1.32. The fourth-order valence-corrected chi connectivity index (χ4v) is 11.8. The maximum absolute atomic E-state index is 14.7. The lowest BCUT2D eigenvalue weighted by Crippen LogP contribution is -2.81. The molecule has 9 fully saturated rings. The monoisotopic (exact) mass is 445 g/mol. The number of rotatable bonds is 4. The van der Waals surface area contributed by atoms with Crippen LogP contribution in [0.4, 0.5) is 0 Å². The molecule has 7 saturated carbocycles. The topological polar surface area (TPSA) is 81.1 Å². The van der Waals surface area contributed by atoms with Crippen molar-refractivity contribution in [2.24, 2.45) is 52.3 Å². The van der Waals surface area contributed by atoms with Crippen LogP contribution in [0.3, 0.4) is 0 Å². The normalized spacial score (nSPS) is 61.2. The van der Waals surface area contributed by atoms with Crippen LogP contribution < -0.4 is 0 Å². The third kappa shape index (κ3) is 1.36. The van der Waals surface area contributed by atoms with E-state index in [1.165, 1.54) is 5.56 Å². The fourth-order valence-electron chi connectivity index (χ4n) is 11.8. The molecule has 0 amide bonds. The summed E-state index contributed by atoms with van der Waals surface area (Å²) in [5.41, 5.74) is -1.41. The van der Waals surface area contributed by atoms with Gasteiger partial charge in [0.2, 0.25) is 0 Å². The SMILES string of the molecule is COC(OC)[C@H]1[C@@H]2C[C@@H]([C@H]3O[C@]32c2ccccc2)[C@@]23O[C@H]4[C@@H]5CC[C@H]6[C@@H]([C@@H]52)[C@@]13C(=O)[C@]64C#N. The summed E-state index contributed by atoms with van der Waals surface area (Å²) in [6.45, 7) is 0. The van der Waals surface area contributed by atoms with Crippen LogP contribution in [0.2, 0.25) is 0 Å². The summed E-state index contributed by atoms with van der Waals surface area (Å²) in [4.78, 5) is 14.7. The Labute approximate surface area is 192 Å². The first-order chi connectivity index (χ1) is 16.1. The maximum atomic E-state index is 14.7. The van der Waals surface area contributed by atoms with Gasteiger partial charge in [0.05, 0.1) is 29.3 Å². The van der Waals surface area contributed by atoms with Crippen LogP contribution in [0.25, 0.3) is 0 Å². The summed E-state index contributed by atoms with van der Waals surface area (Å²) < 4.78 is 25.8. The second-order valence-corrected chi connectivity index (χ2v) is 11.9. The van der Waals surface area contributed by atoms with E-state index in [9.17, 15) is 10.1 Å². The van der Waals surface area contributed by atoms with Crippen molar-refractivity contribution < 1.29 is 23.7 Å². The quantitative estimate of drug-likeness (QED) is 0.524. The fraction of sp³-hybridized carbons (Fsp3) is 0.704. The lowest BCUT2D eigenvalue weighted by Gasteiger charge is -2.72. The minimum atomic E-state index is -0.976. The van der Waals surface area contributed by atoms with E-state index < -0.39 is 28.3 Å². The highest BCUT2D eigenvalue weighted by Gasteiger charge is 3.03. The van der Waals surface area contributed by atoms with E-state index in [1.807, 2.05) is 6.07 Å². The minimum Gasteiger partial charge on any atom is -0.368 e. The molecule has 33 heavy (non-hydrogen) atoms. The lowest BCUT2D eigenvalue weighted by atomic mass is 9.31. The van der Waals surface area contributed by atoms with Crippen LogP contribution in [-0.4, -0.2) is 44.1 Å². The first-order valence-corrected chi connectivity index (χ1v) is 12.5. The zero-order chi connectivity index (χ0) is 22.1. The molecule has 2 heterocycles. The van der Waals surface area contributed by atoms with Crippen molar-refractivity contribution in [3.63, 3.8) is 0 Å². The van der Waals surface area contributed by atoms with Gasteiger partial charge < -0.3 is 18.9 Å². The Hall–Kier alpha value is -1.78. The number of methoxy groups -OCH3 is 2. The lowest BCUT2D eigenvalue weighted by molar-refractivity contribution is -0.344. The zero-order valence-corrected chi connectivity index (χ0v) is 18.8. The van der Waals surface area contributed by atoms with E-state index in [-0.39, 0.29) is 47.6 Å². The smallest absolute Gasteiger partial charge is 0.165 e. The molecule has 7 aliphatic carbocycles. The number of carbonyl (C=O) groups is 1. The first kappa shape index (κ1) is 18.5. The van der Waals surface area contributed by atoms with E-state index >= 15 is 0 Å². The van der Waals surface area contributed by atoms with Crippen molar-refractivity contribution in [1.82, 2.24) is 0 Å². The van der Waals surface area contributed by atoms with Gasteiger partial charge in [-0.2, -0.15) is 5.26 Å². The Kier molecular flexibility index (Phi) is 2.86. The standard InChI is InChI=1S/C27H27NO5/c1-30-22(31-2)19-15-10-16(21-26(15,32-21)12-6-4-3-5-7-12)27-17-13-8-9-14-18(17)25(19,27)23(29)24(14,11-28)20(13)33-27/h3-7,13-22H,8-10H2,1-2H3/t13-,14+,15+,16+,17-,18+,19-,20+,21-,24-,25+,26+,27-/m1/s1. The van der Waals surface area contributed by atoms with Gasteiger partial charge >= 0.3 is 0 Å². The number of ketones is 1. The van der Waals surface area contributed by atoms with E-state index in [1.54, 1.807) is 14.2 Å². The van der Waals surface area contributed by atoms with E-state index in [4.69, 9.17) is 18.9 Å². The molecule has 6 nitrogen and oxygen atoms in total. The van der Waals surface area contributed by atoms with Crippen molar-refractivity contribution in [3.8, 4) is 6.07 Å². The number of carbonyl (C=O) groups excluding carboxylic acids is 1. The van der Waals surface area contributed by atoms with Crippen molar-refractivity contribution in [1.29, 1.82) is 5.26 Å². The predicted octanol–water partition coefficient (Wildman–Crippen LogP) is 2.67. The number of Topliss-reactive ketones (excluding diaryl/α,β-unsaturated/α-hetero) is 1. The molecule has 0 radical (unpaired) electrons. The third-order valence-electron chi connectivity index (χ3n) is 12.0. The average Bonchev–Trinajstić information content (AvgIpc) is 3.42. The first-order valence-electron chi connectivity index (χ1n) is 12.5. The number of nitrogens with zero attached hydrogens (tertiary/aromatic N) is 1. The molecule has 1 aromatic carbocycles. The molecule has 13 atom stereocenters. The van der Waals surface area contributed by atoms with Crippen LogP contribution >= 0.6 is 0 Å². The predicted molar refractivity (Wildman–Crippen MR) is 112 cm³/mol. The third-order valence-corrected chi connectivity index (χ3v) is 12.0. The van der Waals surface area contributed by atoms with Crippen molar-refractivity contribution in [3.05, 3.63) is 35.9 Å². The summed E-state index contributed by atoms with van der Waals surface area (Å²) in [7, 11) is 3.36. The molecule has 8 bridgehead atoms. The molecule has 2 saturated heterocycles. The van der Waals surface area contributed by atoms with Crippen LogP contribution in [0, 0.1) is 63.6 Å². The molecule has 6 heteroatoms. The average molecular weight is 446 g/mol.